The molecule has 1 aromatic heterocycles. The summed E-state index contributed by atoms with van der Waals surface area (Å²) in [6.07, 6.45) is 2.41. The number of nitrogens with one attached hydrogen (secondary N) is 1. The van der Waals surface area contributed by atoms with Crippen LogP contribution in [-0.2, 0) is 6.54 Å². The summed E-state index contributed by atoms with van der Waals surface area (Å²) < 4.78 is 1.21. The van der Waals surface area contributed by atoms with Gasteiger partial charge in [-0.2, -0.15) is 0 Å². The molecule has 0 aliphatic carbocycles. The fraction of sp³-hybridized carbons (Fsp3) is 0.412. The van der Waals surface area contributed by atoms with Crippen LogP contribution >= 0.6 is 27.3 Å². The number of benzene rings is 1. The first-order chi connectivity index (χ1) is 9.76. The van der Waals surface area contributed by atoms with Crippen LogP contribution in [0.3, 0.4) is 0 Å². The summed E-state index contributed by atoms with van der Waals surface area (Å²) in [6.45, 7) is 5.49. The lowest BCUT2D eigenvalue weighted by atomic mass is 9.89. The van der Waals surface area contributed by atoms with Crippen molar-refractivity contribution in [1.82, 2.24) is 5.32 Å². The number of hydrogen-bond donors (Lipinski definition) is 1. The fourth-order valence-electron chi connectivity index (χ4n) is 2.63. The van der Waals surface area contributed by atoms with E-state index in [0.717, 1.165) is 6.54 Å². The highest BCUT2D eigenvalue weighted by Gasteiger charge is 2.20. The van der Waals surface area contributed by atoms with Crippen LogP contribution in [-0.4, -0.2) is 0 Å². The first kappa shape index (κ1) is 15.7. The van der Waals surface area contributed by atoms with E-state index >= 15 is 0 Å². The van der Waals surface area contributed by atoms with E-state index < -0.39 is 0 Å². The van der Waals surface area contributed by atoms with Gasteiger partial charge < -0.3 is 5.32 Å². The molecule has 2 aromatic rings. The van der Waals surface area contributed by atoms with Gasteiger partial charge in [0.1, 0.15) is 0 Å². The van der Waals surface area contributed by atoms with E-state index in [1.165, 1.54) is 27.8 Å². The summed E-state index contributed by atoms with van der Waals surface area (Å²) in [5, 5.41) is 5.90. The van der Waals surface area contributed by atoms with Crippen LogP contribution in [0.2, 0.25) is 0 Å². The van der Waals surface area contributed by atoms with Crippen molar-refractivity contribution in [3.8, 4) is 0 Å². The van der Waals surface area contributed by atoms with Gasteiger partial charge in [0, 0.05) is 21.9 Å². The molecule has 3 heteroatoms. The summed E-state index contributed by atoms with van der Waals surface area (Å²) in [5.74, 6) is 0.677. The van der Waals surface area contributed by atoms with Crippen molar-refractivity contribution in [2.24, 2.45) is 5.92 Å². The van der Waals surface area contributed by atoms with Gasteiger partial charge in [0.25, 0.3) is 0 Å². The van der Waals surface area contributed by atoms with Crippen LogP contribution in [0.5, 0.6) is 0 Å². The molecule has 0 bridgehead atoms. The molecule has 2 rings (SSSR count). The van der Waals surface area contributed by atoms with Gasteiger partial charge in [-0.3, -0.25) is 0 Å². The quantitative estimate of drug-likeness (QED) is 0.666. The maximum atomic E-state index is 3.76. The largest absolute Gasteiger partial charge is 0.305 e. The first-order valence-electron chi connectivity index (χ1n) is 7.26. The number of rotatable bonds is 7. The molecule has 1 atom stereocenters. The van der Waals surface area contributed by atoms with Gasteiger partial charge in [0.15, 0.2) is 0 Å². The second-order valence-electron chi connectivity index (χ2n) is 5.04. The molecule has 0 fully saturated rings. The molecule has 0 radical (unpaired) electrons. The van der Waals surface area contributed by atoms with Crippen molar-refractivity contribution in [3.05, 3.63) is 56.7 Å². The average molecular weight is 352 g/mol. The Morgan fingerprint density at radius 2 is 1.80 bits per heavy atom. The summed E-state index contributed by atoms with van der Waals surface area (Å²) in [4.78, 5) is 1.37. The Morgan fingerprint density at radius 1 is 1.10 bits per heavy atom. The van der Waals surface area contributed by atoms with E-state index in [1.807, 2.05) is 0 Å². The van der Waals surface area contributed by atoms with Crippen molar-refractivity contribution in [3.63, 3.8) is 0 Å². The zero-order valence-corrected chi connectivity index (χ0v) is 14.5. The van der Waals surface area contributed by atoms with Gasteiger partial charge in [-0.1, -0.05) is 57.0 Å². The second kappa shape index (κ2) is 7.96. The van der Waals surface area contributed by atoms with E-state index in [4.69, 9.17) is 0 Å². The van der Waals surface area contributed by atoms with Gasteiger partial charge in [-0.15, -0.1) is 11.3 Å². The maximum Gasteiger partial charge on any atom is 0.0351 e. The lowest BCUT2D eigenvalue weighted by Gasteiger charge is -2.27. The molecule has 0 saturated heterocycles. The molecule has 1 heterocycles. The molecule has 1 N–H and O–H groups in total. The summed E-state index contributed by atoms with van der Waals surface area (Å²) in [6, 6.07) is 13.4. The van der Waals surface area contributed by atoms with Crippen LogP contribution in [0.15, 0.2) is 46.3 Å². The molecule has 1 nitrogen and oxygen atoms in total. The minimum absolute atomic E-state index is 0.431. The Morgan fingerprint density at radius 3 is 2.35 bits per heavy atom. The lowest BCUT2D eigenvalue weighted by Crippen LogP contribution is -2.27. The summed E-state index contributed by atoms with van der Waals surface area (Å²) in [7, 11) is 0. The molecule has 1 aromatic carbocycles. The van der Waals surface area contributed by atoms with Gasteiger partial charge >= 0.3 is 0 Å². The van der Waals surface area contributed by atoms with Crippen LogP contribution < -0.4 is 5.32 Å². The minimum atomic E-state index is 0.431. The molecular formula is C17H22BrNS. The third-order valence-electron chi connectivity index (χ3n) is 3.85. The van der Waals surface area contributed by atoms with Gasteiger partial charge in [-0.05, 0) is 38.9 Å². The predicted octanol–water partition coefficient (Wildman–Crippen LogP) is 5.78. The number of halogens is 1. The van der Waals surface area contributed by atoms with Gasteiger partial charge in [0.2, 0.25) is 0 Å². The van der Waals surface area contributed by atoms with Crippen molar-refractivity contribution in [1.29, 1.82) is 0 Å². The zero-order valence-electron chi connectivity index (χ0n) is 12.1. The highest BCUT2D eigenvalue weighted by molar-refractivity contribution is 9.10. The van der Waals surface area contributed by atoms with Gasteiger partial charge in [-0.25, -0.2) is 0 Å². The minimum Gasteiger partial charge on any atom is -0.305 e. The molecule has 0 saturated carbocycles. The third-order valence-corrected chi connectivity index (χ3v) is 5.78. The SMILES string of the molecule is CCC(CC)C(NCc1sccc1Br)c1ccccc1. The molecule has 108 valence electrons. The van der Waals surface area contributed by atoms with Crippen molar-refractivity contribution >= 4 is 27.3 Å². The maximum absolute atomic E-state index is 3.76. The molecule has 0 aliphatic rings. The highest BCUT2D eigenvalue weighted by atomic mass is 79.9. The second-order valence-corrected chi connectivity index (χ2v) is 6.89. The number of hydrogen-bond acceptors (Lipinski definition) is 2. The van der Waals surface area contributed by atoms with Crippen molar-refractivity contribution in [2.45, 2.75) is 39.3 Å². The first-order valence-corrected chi connectivity index (χ1v) is 8.93. The highest BCUT2D eigenvalue weighted by Crippen LogP contribution is 2.29. The average Bonchev–Trinajstić information content (AvgIpc) is 2.90. The Bertz CT molecular complexity index is 505. The van der Waals surface area contributed by atoms with Crippen molar-refractivity contribution in [2.75, 3.05) is 0 Å². The fourth-order valence-corrected chi connectivity index (χ4v) is 4.07. The zero-order chi connectivity index (χ0) is 14.4. The molecule has 1 unspecified atom stereocenters. The monoisotopic (exact) mass is 351 g/mol. The predicted molar refractivity (Wildman–Crippen MR) is 92.1 cm³/mol. The molecule has 0 spiro atoms. The van der Waals surface area contributed by atoms with Crippen LogP contribution in [0.25, 0.3) is 0 Å². The molecule has 20 heavy (non-hydrogen) atoms. The van der Waals surface area contributed by atoms with Gasteiger partial charge in [0.05, 0.1) is 0 Å². The molecule has 0 aliphatic heterocycles. The Balaban J connectivity index is 2.13. The summed E-state index contributed by atoms with van der Waals surface area (Å²) >= 11 is 5.42. The number of thiophene rings is 1. The van der Waals surface area contributed by atoms with Crippen LogP contribution in [0, 0.1) is 5.92 Å². The standard InChI is InChI=1S/C17H22BrNS/c1-3-13(4-2)17(14-8-6-5-7-9-14)19-12-16-15(18)10-11-20-16/h5-11,13,17,19H,3-4,12H2,1-2H3. The Hall–Kier alpha value is -0.640. The van der Waals surface area contributed by atoms with E-state index in [1.54, 1.807) is 11.3 Å². The topological polar surface area (TPSA) is 12.0 Å². The Labute approximate surface area is 134 Å². The van der Waals surface area contributed by atoms with E-state index in [0.29, 0.717) is 12.0 Å². The van der Waals surface area contributed by atoms with Crippen LogP contribution in [0.4, 0.5) is 0 Å². The third kappa shape index (κ3) is 3.94. The molecular weight excluding hydrogens is 330 g/mol. The van der Waals surface area contributed by atoms with Crippen molar-refractivity contribution < 1.29 is 0 Å². The summed E-state index contributed by atoms with van der Waals surface area (Å²) in [5.41, 5.74) is 1.40. The smallest absolute Gasteiger partial charge is 0.0351 e. The normalized spacial score (nSPS) is 12.8. The van der Waals surface area contributed by atoms with E-state index in [-0.39, 0.29) is 0 Å². The van der Waals surface area contributed by atoms with E-state index in [9.17, 15) is 0 Å². The van der Waals surface area contributed by atoms with Crippen LogP contribution in [0.1, 0.15) is 43.2 Å². The van der Waals surface area contributed by atoms with E-state index in [2.05, 4.69) is 76.9 Å². The Kier molecular flexibility index (Phi) is 6.27. The lowest BCUT2D eigenvalue weighted by molar-refractivity contribution is 0.340. The molecule has 0 amide bonds.